The number of carbonyl (C=O) groups is 1. The van der Waals surface area contributed by atoms with E-state index in [4.69, 9.17) is 9.47 Å². The molecule has 0 saturated carbocycles. The van der Waals surface area contributed by atoms with E-state index in [2.05, 4.69) is 17.5 Å². The molecule has 1 amide bonds. The molecule has 0 aliphatic heterocycles. The average molecular weight is 275 g/mol. The molecule has 0 heterocycles. The minimum Gasteiger partial charge on any atom is -0.497 e. The van der Waals surface area contributed by atoms with E-state index in [1.807, 2.05) is 24.3 Å². The Labute approximate surface area is 119 Å². The van der Waals surface area contributed by atoms with Gasteiger partial charge in [-0.15, -0.1) is 0 Å². The molecule has 1 unspecified atom stereocenters. The summed E-state index contributed by atoms with van der Waals surface area (Å²) in [4.78, 5) is 11.9. The highest BCUT2D eigenvalue weighted by Gasteiger charge is 2.17. The van der Waals surface area contributed by atoms with E-state index >= 15 is 0 Å². The fraction of sp³-hybridized carbons (Fsp3) is 0.438. The number of nitrogens with one attached hydrogen (secondary N) is 1. The normalized spacial score (nSPS) is 17.6. The Morgan fingerprint density at radius 3 is 2.95 bits per heavy atom. The van der Waals surface area contributed by atoms with Gasteiger partial charge in [-0.3, -0.25) is 4.79 Å². The van der Waals surface area contributed by atoms with Crippen molar-refractivity contribution in [3.05, 3.63) is 36.4 Å². The van der Waals surface area contributed by atoms with Crippen LogP contribution >= 0.6 is 0 Å². The fourth-order valence-corrected chi connectivity index (χ4v) is 2.21. The molecule has 0 fully saturated rings. The Morgan fingerprint density at radius 1 is 1.35 bits per heavy atom. The third-order valence-corrected chi connectivity index (χ3v) is 3.35. The topological polar surface area (TPSA) is 47.6 Å². The number of ether oxygens (including phenoxy) is 2. The van der Waals surface area contributed by atoms with E-state index in [-0.39, 0.29) is 11.8 Å². The van der Waals surface area contributed by atoms with Crippen molar-refractivity contribution in [3.63, 3.8) is 0 Å². The molecule has 1 aliphatic rings. The van der Waals surface area contributed by atoms with Gasteiger partial charge in [-0.25, -0.2) is 0 Å². The zero-order valence-electron chi connectivity index (χ0n) is 11.8. The number of rotatable bonds is 6. The molecule has 0 saturated heterocycles. The van der Waals surface area contributed by atoms with Gasteiger partial charge in [0.05, 0.1) is 13.7 Å². The van der Waals surface area contributed by atoms with Crippen LogP contribution in [0.3, 0.4) is 0 Å². The molecular weight excluding hydrogens is 254 g/mol. The van der Waals surface area contributed by atoms with Gasteiger partial charge in [-0.2, -0.15) is 0 Å². The van der Waals surface area contributed by atoms with Gasteiger partial charge in [0.15, 0.2) is 0 Å². The van der Waals surface area contributed by atoms with Crippen molar-refractivity contribution in [1.29, 1.82) is 0 Å². The third-order valence-electron chi connectivity index (χ3n) is 3.35. The molecule has 0 aromatic heterocycles. The molecule has 0 spiro atoms. The largest absolute Gasteiger partial charge is 0.497 e. The number of carbonyl (C=O) groups excluding carboxylic acids is 1. The van der Waals surface area contributed by atoms with Crippen LogP contribution in [0.1, 0.15) is 19.3 Å². The minimum absolute atomic E-state index is 0.122. The first-order valence-electron chi connectivity index (χ1n) is 6.99. The number of hydrogen-bond donors (Lipinski definition) is 1. The zero-order chi connectivity index (χ0) is 14.2. The highest BCUT2D eigenvalue weighted by molar-refractivity contribution is 5.78. The summed E-state index contributed by atoms with van der Waals surface area (Å²) in [6.45, 7) is 0.984. The molecule has 0 bridgehead atoms. The number of hydrogen-bond acceptors (Lipinski definition) is 3. The Bertz CT molecular complexity index is 471. The van der Waals surface area contributed by atoms with Gasteiger partial charge in [0.25, 0.3) is 0 Å². The van der Waals surface area contributed by atoms with Gasteiger partial charge >= 0.3 is 0 Å². The van der Waals surface area contributed by atoms with E-state index in [1.54, 1.807) is 7.11 Å². The summed E-state index contributed by atoms with van der Waals surface area (Å²) in [6, 6.07) is 7.44. The molecular formula is C16H21NO3. The average Bonchev–Trinajstić information content (AvgIpc) is 2.52. The first kappa shape index (κ1) is 14.4. The van der Waals surface area contributed by atoms with Crippen LogP contribution < -0.4 is 14.8 Å². The van der Waals surface area contributed by atoms with E-state index < -0.39 is 0 Å². The summed E-state index contributed by atoms with van der Waals surface area (Å²) >= 11 is 0. The van der Waals surface area contributed by atoms with Gasteiger partial charge in [-0.05, 0) is 31.4 Å². The zero-order valence-corrected chi connectivity index (χ0v) is 11.8. The molecule has 2 rings (SSSR count). The van der Waals surface area contributed by atoms with Crippen molar-refractivity contribution < 1.29 is 14.3 Å². The molecule has 4 nitrogen and oxygen atoms in total. The molecule has 1 aromatic carbocycles. The Morgan fingerprint density at radius 2 is 2.20 bits per heavy atom. The summed E-state index contributed by atoms with van der Waals surface area (Å²) in [6.07, 6.45) is 7.01. The summed E-state index contributed by atoms with van der Waals surface area (Å²) in [7, 11) is 1.62. The number of allylic oxidation sites excluding steroid dienone is 2. The van der Waals surface area contributed by atoms with Gasteiger partial charge in [0.1, 0.15) is 18.1 Å². The van der Waals surface area contributed by atoms with Crippen molar-refractivity contribution in [3.8, 4) is 11.5 Å². The second kappa shape index (κ2) is 7.58. The quantitative estimate of drug-likeness (QED) is 0.641. The van der Waals surface area contributed by atoms with Gasteiger partial charge in [-0.1, -0.05) is 18.2 Å². The molecule has 0 radical (unpaired) electrons. The van der Waals surface area contributed by atoms with Crippen molar-refractivity contribution in [2.24, 2.45) is 5.92 Å². The monoisotopic (exact) mass is 275 g/mol. The lowest BCUT2D eigenvalue weighted by atomic mass is 9.94. The molecule has 108 valence electrons. The summed E-state index contributed by atoms with van der Waals surface area (Å²) in [5.41, 5.74) is 0. The predicted octanol–water partition coefficient (Wildman–Crippen LogP) is 2.55. The summed E-state index contributed by atoms with van der Waals surface area (Å²) in [5.74, 6) is 1.76. The van der Waals surface area contributed by atoms with Crippen molar-refractivity contribution >= 4 is 5.91 Å². The Balaban J connectivity index is 1.68. The van der Waals surface area contributed by atoms with Gasteiger partial charge in [0.2, 0.25) is 5.91 Å². The second-order valence-electron chi connectivity index (χ2n) is 4.80. The molecule has 1 N–H and O–H groups in total. The third kappa shape index (κ3) is 4.30. The number of methoxy groups -OCH3 is 1. The first-order valence-corrected chi connectivity index (χ1v) is 6.99. The van der Waals surface area contributed by atoms with E-state index in [0.29, 0.717) is 13.2 Å². The van der Waals surface area contributed by atoms with Gasteiger partial charge < -0.3 is 14.8 Å². The Kier molecular flexibility index (Phi) is 5.47. The van der Waals surface area contributed by atoms with Crippen LogP contribution in [-0.4, -0.2) is 26.2 Å². The second-order valence-corrected chi connectivity index (χ2v) is 4.80. The van der Waals surface area contributed by atoms with Crippen LogP contribution in [-0.2, 0) is 4.79 Å². The molecule has 20 heavy (non-hydrogen) atoms. The van der Waals surface area contributed by atoms with Crippen LogP contribution in [0, 0.1) is 5.92 Å². The van der Waals surface area contributed by atoms with Crippen molar-refractivity contribution in [1.82, 2.24) is 5.32 Å². The van der Waals surface area contributed by atoms with Crippen LogP contribution in [0.5, 0.6) is 11.5 Å². The number of benzene rings is 1. The van der Waals surface area contributed by atoms with Crippen LogP contribution in [0.15, 0.2) is 36.4 Å². The smallest absolute Gasteiger partial charge is 0.223 e. The maximum atomic E-state index is 11.9. The summed E-state index contributed by atoms with van der Waals surface area (Å²) in [5, 5.41) is 2.92. The lowest BCUT2D eigenvalue weighted by Gasteiger charge is -2.17. The highest BCUT2D eigenvalue weighted by Crippen LogP contribution is 2.19. The predicted molar refractivity (Wildman–Crippen MR) is 78.0 cm³/mol. The van der Waals surface area contributed by atoms with Crippen molar-refractivity contribution in [2.75, 3.05) is 20.3 Å². The fourth-order valence-electron chi connectivity index (χ4n) is 2.21. The molecule has 1 aromatic rings. The number of amides is 1. The lowest BCUT2D eigenvalue weighted by molar-refractivity contribution is -0.125. The van der Waals surface area contributed by atoms with E-state index in [0.717, 1.165) is 30.8 Å². The van der Waals surface area contributed by atoms with E-state index in [9.17, 15) is 4.79 Å². The molecule has 1 aliphatic carbocycles. The van der Waals surface area contributed by atoms with E-state index in [1.165, 1.54) is 0 Å². The van der Waals surface area contributed by atoms with Gasteiger partial charge in [0, 0.05) is 12.0 Å². The molecule has 1 atom stereocenters. The van der Waals surface area contributed by atoms with Crippen LogP contribution in [0.25, 0.3) is 0 Å². The minimum atomic E-state index is 0.122. The van der Waals surface area contributed by atoms with Crippen LogP contribution in [0.4, 0.5) is 0 Å². The standard InChI is InChI=1S/C16H21NO3/c1-19-14-8-5-9-15(12-14)20-11-10-17-16(18)13-6-3-2-4-7-13/h2-3,5,8-9,12-13H,4,6-7,10-11H2,1H3,(H,17,18). The maximum absolute atomic E-state index is 11.9. The summed E-state index contributed by atoms with van der Waals surface area (Å²) < 4.78 is 10.7. The maximum Gasteiger partial charge on any atom is 0.223 e. The molecule has 4 heteroatoms. The lowest BCUT2D eigenvalue weighted by Crippen LogP contribution is -2.34. The SMILES string of the molecule is COc1cccc(OCCNC(=O)C2CC=CCC2)c1. The highest BCUT2D eigenvalue weighted by atomic mass is 16.5. The first-order chi connectivity index (χ1) is 9.79. The van der Waals surface area contributed by atoms with Crippen LogP contribution in [0.2, 0.25) is 0 Å². The Hall–Kier alpha value is -1.97. The van der Waals surface area contributed by atoms with Crippen molar-refractivity contribution in [2.45, 2.75) is 19.3 Å².